The molecule has 6 aromatic heterocycles. The van der Waals surface area contributed by atoms with Crippen LogP contribution in [0, 0.1) is 0 Å². The number of aliphatic carboxylic acids is 2. The van der Waals surface area contributed by atoms with Crippen LogP contribution in [0.1, 0.15) is 13.8 Å². The van der Waals surface area contributed by atoms with E-state index in [1.54, 1.807) is 0 Å². The van der Waals surface area contributed by atoms with Gasteiger partial charge in [-0.2, -0.15) is 0 Å². The van der Waals surface area contributed by atoms with Crippen LogP contribution in [0.5, 0.6) is 0 Å². The molecule has 449 valence electrons. The summed E-state index contributed by atoms with van der Waals surface area (Å²) >= 11 is 0. The Bertz CT molecular complexity index is 4830. The molecule has 0 aliphatic carbocycles. The molecule has 0 amide bonds. The fraction of sp³-hybridized carbons (Fsp3) is 0.0278. The summed E-state index contributed by atoms with van der Waals surface area (Å²) in [6.07, 6.45) is 0. The van der Waals surface area contributed by atoms with Crippen molar-refractivity contribution in [2.75, 3.05) is 0 Å². The molecule has 8 aromatic carbocycles. The molecule has 21 heteroatoms. The van der Waals surface area contributed by atoms with Crippen LogP contribution < -0.4 is 10.2 Å². The molecule has 18 rings (SSSR count). The van der Waals surface area contributed by atoms with Gasteiger partial charge in [-0.1, -0.05) is 207 Å². The summed E-state index contributed by atoms with van der Waals surface area (Å²) in [5.41, 5.74) is 13.0. The maximum Gasteiger partial charge on any atom is 2.00 e. The maximum atomic E-state index is 9.49. The summed E-state index contributed by atoms with van der Waals surface area (Å²) < 4.78 is 0. The molecular weight excluding hydrogens is 1220 g/mol. The van der Waals surface area contributed by atoms with Crippen molar-refractivity contribution in [1.29, 1.82) is 0 Å². The van der Waals surface area contributed by atoms with Crippen molar-refractivity contribution in [3.05, 3.63) is 218 Å². The van der Waals surface area contributed by atoms with Crippen LogP contribution in [0.4, 0.5) is 0 Å². The van der Waals surface area contributed by atoms with Crippen LogP contribution in [0.25, 0.3) is 179 Å². The summed E-state index contributed by atoms with van der Waals surface area (Å²) in [6, 6.07) is 64.5. The van der Waals surface area contributed by atoms with E-state index in [0.717, 1.165) is 87.6 Å². The summed E-state index contributed by atoms with van der Waals surface area (Å²) in [5.74, 6) is 2.41. The predicted octanol–water partition coefficient (Wildman–Crippen LogP) is 12.4. The minimum Gasteiger partial charge on any atom is -0.545 e. The molecule has 4 N–H and O–H groups in total. The van der Waals surface area contributed by atoms with Crippen molar-refractivity contribution in [2.45, 2.75) is 13.8 Å². The van der Waals surface area contributed by atoms with Gasteiger partial charge < -0.3 is 39.7 Å². The molecule has 0 saturated carbocycles. The molecule has 0 atom stereocenters. The Morgan fingerprint density at radius 1 is 0.258 bits per heavy atom. The Hall–Kier alpha value is -12.6. The van der Waals surface area contributed by atoms with Gasteiger partial charge in [0.05, 0.1) is 11.9 Å². The Labute approximate surface area is 537 Å². The number of H-pyrrole nitrogens is 4. The smallest absolute Gasteiger partial charge is 0.545 e. The van der Waals surface area contributed by atoms with Gasteiger partial charge in [-0.05, 0) is 25.0 Å². The molecule has 16 bridgehead atoms. The van der Waals surface area contributed by atoms with Crippen molar-refractivity contribution in [2.24, 2.45) is 0 Å². The number of nitrogens with zero attached hydrogens (tertiary/aromatic N) is 12. The van der Waals surface area contributed by atoms with E-state index in [1.807, 2.05) is 194 Å². The van der Waals surface area contributed by atoms with Crippen molar-refractivity contribution >= 4 is 100 Å². The van der Waals surface area contributed by atoms with E-state index in [0.29, 0.717) is 91.8 Å². The van der Waals surface area contributed by atoms with Crippen molar-refractivity contribution in [1.82, 2.24) is 79.7 Å². The number of aromatic nitrogens is 16. The molecule has 0 spiro atoms. The number of fused-ring (bicyclic) bond motifs is 40. The molecule has 10 heterocycles. The van der Waals surface area contributed by atoms with E-state index in [1.165, 1.54) is 13.8 Å². The van der Waals surface area contributed by atoms with Crippen LogP contribution in [-0.2, 0) is 26.7 Å². The summed E-state index contributed by atoms with van der Waals surface area (Å²) in [6.45, 7) is 8.95. The van der Waals surface area contributed by atoms with E-state index < -0.39 is 11.9 Å². The second-order valence-electron chi connectivity index (χ2n) is 21.7. The van der Waals surface area contributed by atoms with Crippen LogP contribution in [0.2, 0.25) is 0 Å². The summed E-state index contributed by atoms with van der Waals surface area (Å²) in [5, 5.41) is 26.6. The third-order valence-corrected chi connectivity index (χ3v) is 15.6. The normalized spacial score (nSPS) is 11.3. The first-order chi connectivity index (χ1) is 44.9. The van der Waals surface area contributed by atoms with Crippen LogP contribution in [-0.4, -0.2) is 91.7 Å². The first-order valence-electron chi connectivity index (χ1n) is 29.0. The number of aromatic amines is 4. The number of nitrogens with one attached hydrogen (secondary N) is 4. The SMILES string of the molecule is C=C(C)C(=O)[O-].C=C(C)C(=O)[O-].[Cu+2].c1ccc2c(c1)-c1nc-2nc2[nH]c(nc3nc(nc4[nH]c(n1)c1ccccc41)-c1ccccc1-3)c1ccccc21.c1ccc2c(c1)-c1nc-2nc2[nH]c(nc3nc(nc4[nH]c(n1)c1ccccc41)-c1ccccc1-3)c1ccccc21. The van der Waals surface area contributed by atoms with Crippen molar-refractivity contribution in [3.63, 3.8) is 0 Å². The number of benzene rings is 8. The third-order valence-electron chi connectivity index (χ3n) is 15.6. The van der Waals surface area contributed by atoms with Crippen molar-refractivity contribution in [3.8, 4) is 91.1 Å². The van der Waals surface area contributed by atoms with E-state index in [2.05, 4.69) is 33.1 Å². The maximum absolute atomic E-state index is 9.49. The molecule has 0 unspecified atom stereocenters. The third kappa shape index (κ3) is 10.6. The minimum atomic E-state index is -1.19. The standard InChI is InChI=1S/2C32H18N8.2C4H6O2.Cu/c2*1-2-10-18-17(9-1)25-33-26(18)38-28-21-13-5-6-14-22(21)30(35-28)40-32-24-16-8-7-15-23(24)31(36-32)39-29-20-12-4-3-11-19(20)27(34-29)37-25;2*1-3(2)4(5)6;/h2*1-16H,(H2,33,34,35,36,37,38,39,40);2*1H2,2H3,(H,5,6);/q;;;;+2/p-2. The second-order valence-corrected chi connectivity index (χ2v) is 21.7. The quantitative estimate of drug-likeness (QED) is 0.0923. The molecular formula is C72H46CuN16O4. The van der Waals surface area contributed by atoms with Crippen LogP contribution in [0.3, 0.4) is 0 Å². The van der Waals surface area contributed by atoms with Crippen LogP contribution >= 0.6 is 0 Å². The Balaban J connectivity index is 0.000000136. The number of hydrogen-bond acceptors (Lipinski definition) is 16. The van der Waals surface area contributed by atoms with Crippen LogP contribution in [0.15, 0.2) is 218 Å². The summed E-state index contributed by atoms with van der Waals surface area (Å²) in [4.78, 5) is 92.5. The van der Waals surface area contributed by atoms with Gasteiger partial charge in [-0.3, -0.25) is 0 Å². The number of rotatable bonds is 2. The first-order valence-corrected chi connectivity index (χ1v) is 29.0. The first kappa shape index (κ1) is 58.1. The van der Waals surface area contributed by atoms with Gasteiger partial charge in [0.2, 0.25) is 0 Å². The molecule has 4 aliphatic heterocycles. The van der Waals surface area contributed by atoms with Gasteiger partial charge in [-0.15, -0.1) is 0 Å². The molecule has 0 fully saturated rings. The monoisotopic (exact) mass is 1260 g/mol. The van der Waals surface area contributed by atoms with Gasteiger partial charge in [0.15, 0.2) is 46.6 Å². The van der Waals surface area contributed by atoms with Crippen molar-refractivity contribution < 1.29 is 36.9 Å². The molecule has 0 saturated heterocycles. The topological polar surface area (TPSA) is 298 Å². The predicted molar refractivity (Wildman–Crippen MR) is 352 cm³/mol. The Kier molecular flexibility index (Phi) is 14.8. The zero-order valence-corrected chi connectivity index (χ0v) is 50.1. The largest absolute Gasteiger partial charge is 2.00 e. The Morgan fingerprint density at radius 3 is 0.495 bits per heavy atom. The number of carbonyl (C=O) groups excluding carboxylic acids is 2. The number of carbonyl (C=O) groups is 2. The molecule has 1 radical (unpaired) electrons. The minimum absolute atomic E-state index is 0. The average Bonchev–Trinajstić information content (AvgIpc) is 1.62. The molecule has 20 nitrogen and oxygen atoms in total. The van der Waals surface area contributed by atoms with Gasteiger partial charge in [0.1, 0.15) is 45.2 Å². The Morgan fingerprint density at radius 2 is 0.376 bits per heavy atom. The fourth-order valence-corrected chi connectivity index (χ4v) is 11.2. The van der Waals surface area contributed by atoms with E-state index in [9.17, 15) is 19.8 Å². The van der Waals surface area contributed by atoms with E-state index in [-0.39, 0.29) is 28.2 Å². The number of carboxylic acids is 2. The second kappa shape index (κ2) is 23.7. The van der Waals surface area contributed by atoms with E-state index >= 15 is 0 Å². The van der Waals surface area contributed by atoms with E-state index in [4.69, 9.17) is 59.8 Å². The van der Waals surface area contributed by atoms with Gasteiger partial charge in [0, 0.05) is 87.6 Å². The molecule has 93 heavy (non-hydrogen) atoms. The molecule has 4 aliphatic rings. The van der Waals surface area contributed by atoms with Gasteiger partial charge in [0.25, 0.3) is 0 Å². The molecule has 14 aromatic rings. The van der Waals surface area contributed by atoms with Gasteiger partial charge >= 0.3 is 17.1 Å². The zero-order chi connectivity index (χ0) is 62.7. The van der Waals surface area contributed by atoms with Gasteiger partial charge in [-0.25, -0.2) is 59.8 Å². The fourth-order valence-electron chi connectivity index (χ4n) is 11.2. The summed E-state index contributed by atoms with van der Waals surface area (Å²) in [7, 11) is 0. The zero-order valence-electron chi connectivity index (χ0n) is 49.2. The number of hydrogen-bond donors (Lipinski definition) is 4. The average molecular weight is 1260 g/mol. The number of carboxylic acid groups (broad SMARTS) is 2.